The van der Waals surface area contributed by atoms with Crippen molar-refractivity contribution < 1.29 is 19.3 Å². The van der Waals surface area contributed by atoms with Crippen molar-refractivity contribution in [3.8, 4) is 11.8 Å². The molecule has 0 bridgehead atoms. The van der Waals surface area contributed by atoms with E-state index >= 15 is 0 Å². The average molecular weight is 586 g/mol. The Morgan fingerprint density at radius 3 is 2.73 bits per heavy atom. The fraction of sp³-hybridized carbons (Fsp3) is 0.677. The van der Waals surface area contributed by atoms with Crippen molar-refractivity contribution >= 4 is 23.1 Å². The number of phenolic OH excluding ortho intramolecular Hbond substituents is 1. The summed E-state index contributed by atoms with van der Waals surface area (Å²) >= 11 is 6.70. The molecule has 1 aliphatic carbocycles. The van der Waals surface area contributed by atoms with Gasteiger partial charge in [-0.1, -0.05) is 18.5 Å². The molecular formula is C31H41ClFN5O3. The first-order chi connectivity index (χ1) is 19.6. The molecular weight excluding hydrogens is 545 g/mol. The molecule has 7 rings (SSSR count). The molecule has 5 aliphatic rings. The molecule has 0 spiro atoms. The first kappa shape index (κ1) is 27.5. The summed E-state index contributed by atoms with van der Waals surface area (Å²) < 4.78 is 20.8. The highest BCUT2D eigenvalue weighted by atomic mass is 35.5. The average Bonchev–Trinajstić information content (AvgIpc) is 3.36. The highest BCUT2D eigenvalue weighted by molar-refractivity contribution is 6.32. The second-order valence-electron chi connectivity index (χ2n) is 13.5. The smallest absolute Gasteiger partial charge is 0.318 e. The number of aromatic nitrogens is 2. The fourth-order valence-corrected chi connectivity index (χ4v) is 8.26. The lowest BCUT2D eigenvalue weighted by atomic mass is 9.94. The van der Waals surface area contributed by atoms with Crippen LogP contribution < -0.4 is 14.5 Å². The van der Waals surface area contributed by atoms with E-state index in [1.165, 1.54) is 0 Å². The van der Waals surface area contributed by atoms with Crippen LogP contribution in [0.15, 0.2) is 12.1 Å². The normalized spacial score (nSPS) is 33.1. The van der Waals surface area contributed by atoms with Crippen molar-refractivity contribution in [2.45, 2.75) is 88.6 Å². The number of nitrogens with zero attached hydrogens (tertiary/aromatic N) is 5. The molecule has 41 heavy (non-hydrogen) atoms. The monoisotopic (exact) mass is 585 g/mol. The van der Waals surface area contributed by atoms with Crippen LogP contribution in [0.5, 0.6) is 11.8 Å². The molecule has 8 nitrogen and oxygen atoms in total. The van der Waals surface area contributed by atoms with Gasteiger partial charge in [0.05, 0.1) is 23.4 Å². The second-order valence-corrected chi connectivity index (χ2v) is 13.9. The second kappa shape index (κ2) is 10.1. The summed E-state index contributed by atoms with van der Waals surface area (Å²) in [6.07, 6.45) is 5.13. The van der Waals surface area contributed by atoms with Crippen LogP contribution in [0.4, 0.5) is 15.9 Å². The summed E-state index contributed by atoms with van der Waals surface area (Å²) in [4.78, 5) is 16.6. The van der Waals surface area contributed by atoms with Gasteiger partial charge in [-0.3, -0.25) is 4.90 Å². The first-order valence-corrected chi connectivity index (χ1v) is 15.6. The van der Waals surface area contributed by atoms with Crippen LogP contribution in [0.2, 0.25) is 5.02 Å². The first-order valence-electron chi connectivity index (χ1n) is 15.3. The van der Waals surface area contributed by atoms with Gasteiger partial charge in [-0.2, -0.15) is 9.97 Å². The van der Waals surface area contributed by atoms with Crippen molar-refractivity contribution in [3.63, 3.8) is 0 Å². The minimum Gasteiger partial charge on any atom is -0.508 e. The highest BCUT2D eigenvalue weighted by Crippen LogP contribution is 2.53. The SMILES string of the molecule is C[C@H]1C[C@H]1c1c(Cl)cc(O)cc1N1CCc2c(nc(OC[C@@]34CCCN3C[C@H](F)C4)nc2N2CCC[C@@](C)(O)C2)C1. The van der Waals surface area contributed by atoms with Crippen LogP contribution in [-0.4, -0.2) is 81.7 Å². The number of phenols is 1. The van der Waals surface area contributed by atoms with Crippen molar-refractivity contribution in [2.75, 3.05) is 49.1 Å². The van der Waals surface area contributed by atoms with Gasteiger partial charge in [0.1, 0.15) is 24.3 Å². The molecule has 4 aliphatic heterocycles. The van der Waals surface area contributed by atoms with Crippen molar-refractivity contribution in [2.24, 2.45) is 5.92 Å². The van der Waals surface area contributed by atoms with Gasteiger partial charge in [0.15, 0.2) is 0 Å². The van der Waals surface area contributed by atoms with Gasteiger partial charge < -0.3 is 24.7 Å². The number of β-amino-alcohol motifs (C(OH)–C–C–N with tert-alkyl or cyclic N) is 1. The Morgan fingerprint density at radius 1 is 1.15 bits per heavy atom. The third-order valence-corrected chi connectivity index (χ3v) is 10.5. The third kappa shape index (κ3) is 5.12. The number of halogens is 2. The van der Waals surface area contributed by atoms with E-state index in [0.29, 0.717) is 55.5 Å². The molecule has 2 N–H and O–H groups in total. The molecule has 1 aromatic carbocycles. The van der Waals surface area contributed by atoms with E-state index < -0.39 is 11.8 Å². The molecule has 4 fully saturated rings. The topological polar surface area (TPSA) is 85.2 Å². The van der Waals surface area contributed by atoms with E-state index in [1.54, 1.807) is 6.07 Å². The lowest BCUT2D eigenvalue weighted by Crippen LogP contribution is -2.47. The Morgan fingerprint density at radius 2 is 1.95 bits per heavy atom. The van der Waals surface area contributed by atoms with Crippen LogP contribution in [0.25, 0.3) is 0 Å². The maximum Gasteiger partial charge on any atom is 0.318 e. The van der Waals surface area contributed by atoms with E-state index in [-0.39, 0.29) is 11.3 Å². The lowest BCUT2D eigenvalue weighted by molar-refractivity contribution is 0.0445. The van der Waals surface area contributed by atoms with Gasteiger partial charge >= 0.3 is 6.01 Å². The maximum atomic E-state index is 14.4. The zero-order valence-electron chi connectivity index (χ0n) is 24.1. The van der Waals surface area contributed by atoms with Gasteiger partial charge in [-0.25, -0.2) is 4.39 Å². The van der Waals surface area contributed by atoms with Crippen molar-refractivity contribution in [1.29, 1.82) is 0 Å². The molecule has 2 aromatic rings. The van der Waals surface area contributed by atoms with E-state index in [9.17, 15) is 14.6 Å². The molecule has 10 heteroatoms. The number of anilines is 2. The Balaban J connectivity index is 1.22. The zero-order chi connectivity index (χ0) is 28.5. The lowest BCUT2D eigenvalue weighted by Gasteiger charge is -2.40. The maximum absolute atomic E-state index is 14.4. The van der Waals surface area contributed by atoms with E-state index in [1.807, 2.05) is 13.0 Å². The molecule has 5 heterocycles. The predicted octanol–water partition coefficient (Wildman–Crippen LogP) is 4.83. The van der Waals surface area contributed by atoms with Crippen LogP contribution >= 0.6 is 11.6 Å². The number of aliphatic hydroxyl groups is 1. The summed E-state index contributed by atoms with van der Waals surface area (Å²) in [5.41, 5.74) is 3.00. The summed E-state index contributed by atoms with van der Waals surface area (Å²) in [7, 11) is 0. The Bertz CT molecular complexity index is 1340. The molecule has 1 aromatic heterocycles. The quantitative estimate of drug-likeness (QED) is 0.499. The number of hydrogen-bond donors (Lipinski definition) is 2. The Kier molecular flexibility index (Phi) is 6.79. The summed E-state index contributed by atoms with van der Waals surface area (Å²) in [6.45, 7) is 8.50. The number of hydrogen-bond acceptors (Lipinski definition) is 8. The largest absolute Gasteiger partial charge is 0.508 e. The van der Waals surface area contributed by atoms with Gasteiger partial charge in [0.2, 0.25) is 0 Å². The number of benzene rings is 1. The number of rotatable bonds is 6. The molecule has 1 saturated carbocycles. The van der Waals surface area contributed by atoms with Gasteiger partial charge in [-0.15, -0.1) is 0 Å². The van der Waals surface area contributed by atoms with Crippen LogP contribution in [0, 0.1) is 5.92 Å². The molecule has 222 valence electrons. The molecule has 0 unspecified atom stereocenters. The van der Waals surface area contributed by atoms with Crippen molar-refractivity contribution in [1.82, 2.24) is 14.9 Å². The number of aromatic hydroxyl groups is 1. The van der Waals surface area contributed by atoms with E-state index in [2.05, 4.69) is 21.6 Å². The number of piperidine rings is 1. The summed E-state index contributed by atoms with van der Waals surface area (Å²) in [5.74, 6) is 1.97. The number of fused-ring (bicyclic) bond motifs is 2. The minimum absolute atomic E-state index is 0.166. The number of alkyl halides is 1. The highest BCUT2D eigenvalue weighted by Gasteiger charge is 2.49. The van der Waals surface area contributed by atoms with Gasteiger partial charge in [0, 0.05) is 54.9 Å². The summed E-state index contributed by atoms with van der Waals surface area (Å²) in [5, 5.41) is 22.0. The molecule has 0 amide bonds. The van der Waals surface area contributed by atoms with Gasteiger partial charge in [-0.05, 0) is 75.5 Å². The number of ether oxygens (including phenoxy) is 1. The van der Waals surface area contributed by atoms with E-state index in [0.717, 1.165) is 86.5 Å². The standard InChI is InChI=1S/C31H41ClFN5O3/c1-19-11-23(19)27-24(32)12-21(39)13-26(27)36-10-5-22-25(16-36)34-29(35-28(22)37-8-3-6-30(2,40)17-37)41-18-31-7-4-9-38(31)15-20(33)14-31/h12-13,19-20,23,39-40H,3-11,14-18H2,1-2H3/t19-,20+,23+,30+,31-/m0/s1. The van der Waals surface area contributed by atoms with Crippen LogP contribution in [0.1, 0.15) is 75.1 Å². The van der Waals surface area contributed by atoms with Gasteiger partial charge in [0.25, 0.3) is 0 Å². The zero-order valence-corrected chi connectivity index (χ0v) is 24.8. The predicted molar refractivity (Wildman–Crippen MR) is 157 cm³/mol. The Hall–Kier alpha value is -2.36. The molecule has 5 atom stereocenters. The molecule has 3 saturated heterocycles. The minimum atomic E-state index is -0.819. The summed E-state index contributed by atoms with van der Waals surface area (Å²) in [6, 6.07) is 3.80. The van der Waals surface area contributed by atoms with Crippen LogP contribution in [0.3, 0.4) is 0 Å². The van der Waals surface area contributed by atoms with E-state index in [4.69, 9.17) is 26.3 Å². The third-order valence-electron chi connectivity index (χ3n) is 10.1. The van der Waals surface area contributed by atoms with Crippen LogP contribution in [-0.2, 0) is 13.0 Å². The van der Waals surface area contributed by atoms with Crippen molar-refractivity contribution in [3.05, 3.63) is 34.0 Å². The molecule has 0 radical (unpaired) electrons. The fourth-order valence-electron chi connectivity index (χ4n) is 7.91. The Labute approximate surface area is 246 Å².